The minimum atomic E-state index is -0.828. The molecule has 1 saturated heterocycles. The van der Waals surface area contributed by atoms with E-state index in [0.717, 1.165) is 19.4 Å². The summed E-state index contributed by atoms with van der Waals surface area (Å²) in [4.78, 5) is 24.6. The molecule has 0 aromatic carbocycles. The molecular weight excluding hydrogens is 244 g/mol. The van der Waals surface area contributed by atoms with Gasteiger partial charge in [0.15, 0.2) is 0 Å². The van der Waals surface area contributed by atoms with Gasteiger partial charge in [-0.05, 0) is 37.0 Å². The molecule has 1 heterocycles. The summed E-state index contributed by atoms with van der Waals surface area (Å²) in [6, 6.07) is -0.220. The standard InChI is InChI=1S/C14H24N2O3/c1-10(2)14(5-6-14)9-15-13(19)16-7-3-4-11(16)8-12(17)18/h10-11H,3-9H2,1-2H3,(H,15,19)(H,17,18). The Morgan fingerprint density at radius 2 is 2.11 bits per heavy atom. The number of nitrogens with one attached hydrogen (secondary N) is 1. The highest BCUT2D eigenvalue weighted by molar-refractivity contribution is 5.76. The van der Waals surface area contributed by atoms with Gasteiger partial charge in [-0.3, -0.25) is 4.79 Å². The number of urea groups is 1. The maximum atomic E-state index is 12.2. The fraction of sp³-hybridized carbons (Fsp3) is 0.857. The van der Waals surface area contributed by atoms with Gasteiger partial charge in [-0.25, -0.2) is 4.79 Å². The van der Waals surface area contributed by atoms with E-state index in [2.05, 4.69) is 19.2 Å². The first-order valence-corrected chi connectivity index (χ1v) is 7.21. The van der Waals surface area contributed by atoms with Crippen molar-refractivity contribution in [3.8, 4) is 0 Å². The maximum Gasteiger partial charge on any atom is 0.317 e. The largest absolute Gasteiger partial charge is 0.481 e. The van der Waals surface area contributed by atoms with Gasteiger partial charge in [-0.15, -0.1) is 0 Å². The van der Waals surface area contributed by atoms with E-state index in [1.54, 1.807) is 4.90 Å². The molecule has 0 bridgehead atoms. The number of amides is 2. The number of carboxylic acid groups (broad SMARTS) is 1. The lowest BCUT2D eigenvalue weighted by Gasteiger charge is -2.26. The molecule has 108 valence electrons. The summed E-state index contributed by atoms with van der Waals surface area (Å²) in [5.41, 5.74) is 0.289. The highest BCUT2D eigenvalue weighted by Crippen LogP contribution is 2.51. The molecule has 2 aliphatic rings. The summed E-state index contributed by atoms with van der Waals surface area (Å²) in [7, 11) is 0. The molecular formula is C14H24N2O3. The SMILES string of the molecule is CC(C)C1(CNC(=O)N2CCCC2CC(=O)O)CC1. The minimum Gasteiger partial charge on any atom is -0.481 e. The molecule has 1 aliphatic heterocycles. The molecule has 0 radical (unpaired) electrons. The van der Waals surface area contributed by atoms with Crippen LogP contribution in [-0.2, 0) is 4.79 Å². The first kappa shape index (κ1) is 14.2. The molecule has 2 amide bonds. The average molecular weight is 268 g/mol. The number of carbonyl (C=O) groups is 2. The third-order valence-corrected chi connectivity index (χ3v) is 4.76. The monoisotopic (exact) mass is 268 g/mol. The Morgan fingerprint density at radius 1 is 1.42 bits per heavy atom. The second-order valence-electron chi connectivity index (χ2n) is 6.26. The second kappa shape index (κ2) is 5.39. The predicted molar refractivity (Wildman–Crippen MR) is 71.9 cm³/mol. The van der Waals surface area contributed by atoms with E-state index >= 15 is 0 Å². The zero-order chi connectivity index (χ0) is 14.0. The van der Waals surface area contributed by atoms with Crippen molar-refractivity contribution in [3.63, 3.8) is 0 Å². The maximum absolute atomic E-state index is 12.2. The van der Waals surface area contributed by atoms with Crippen molar-refractivity contribution >= 4 is 12.0 Å². The highest BCUT2D eigenvalue weighted by atomic mass is 16.4. The van der Waals surface area contributed by atoms with E-state index in [0.29, 0.717) is 12.5 Å². The van der Waals surface area contributed by atoms with E-state index in [1.165, 1.54) is 12.8 Å². The fourth-order valence-electron chi connectivity index (χ4n) is 2.99. The van der Waals surface area contributed by atoms with Gasteiger partial charge in [0.25, 0.3) is 0 Å². The molecule has 1 atom stereocenters. The Morgan fingerprint density at radius 3 is 2.63 bits per heavy atom. The van der Waals surface area contributed by atoms with Crippen LogP contribution in [0.3, 0.4) is 0 Å². The van der Waals surface area contributed by atoms with Crippen molar-refractivity contribution in [2.75, 3.05) is 13.1 Å². The molecule has 0 aromatic rings. The number of likely N-dealkylation sites (tertiary alicyclic amines) is 1. The van der Waals surface area contributed by atoms with E-state index in [-0.39, 0.29) is 23.9 Å². The lowest BCUT2D eigenvalue weighted by Crippen LogP contribution is -2.45. The Labute approximate surface area is 114 Å². The molecule has 5 nitrogen and oxygen atoms in total. The van der Waals surface area contributed by atoms with Crippen LogP contribution in [0.5, 0.6) is 0 Å². The zero-order valence-corrected chi connectivity index (χ0v) is 11.8. The number of hydrogen-bond acceptors (Lipinski definition) is 2. The van der Waals surface area contributed by atoms with Crippen LogP contribution in [0.15, 0.2) is 0 Å². The fourth-order valence-corrected chi connectivity index (χ4v) is 2.99. The van der Waals surface area contributed by atoms with Crippen LogP contribution in [0.25, 0.3) is 0 Å². The van der Waals surface area contributed by atoms with Crippen molar-refractivity contribution < 1.29 is 14.7 Å². The van der Waals surface area contributed by atoms with Gasteiger partial charge < -0.3 is 15.3 Å². The summed E-state index contributed by atoms with van der Waals surface area (Å²) in [5.74, 6) is -0.244. The van der Waals surface area contributed by atoms with Crippen molar-refractivity contribution in [1.82, 2.24) is 10.2 Å². The van der Waals surface area contributed by atoms with Crippen molar-refractivity contribution in [1.29, 1.82) is 0 Å². The minimum absolute atomic E-state index is 0.0583. The first-order valence-electron chi connectivity index (χ1n) is 7.21. The van der Waals surface area contributed by atoms with E-state index in [4.69, 9.17) is 5.11 Å². The quantitative estimate of drug-likeness (QED) is 0.802. The van der Waals surface area contributed by atoms with Gasteiger partial charge in [0.2, 0.25) is 0 Å². The van der Waals surface area contributed by atoms with Crippen LogP contribution in [-0.4, -0.2) is 41.1 Å². The number of hydrogen-bond donors (Lipinski definition) is 2. The molecule has 1 aliphatic carbocycles. The van der Waals surface area contributed by atoms with Gasteiger partial charge in [-0.1, -0.05) is 13.8 Å². The average Bonchev–Trinajstić information content (AvgIpc) is 3.00. The zero-order valence-electron chi connectivity index (χ0n) is 11.8. The number of rotatable bonds is 5. The molecule has 2 rings (SSSR count). The number of carbonyl (C=O) groups excluding carboxylic acids is 1. The van der Waals surface area contributed by atoms with Crippen LogP contribution >= 0.6 is 0 Å². The lowest BCUT2D eigenvalue weighted by molar-refractivity contribution is -0.137. The van der Waals surface area contributed by atoms with Crippen LogP contribution in [0.4, 0.5) is 4.79 Å². The summed E-state index contributed by atoms with van der Waals surface area (Å²) in [6.45, 7) is 5.79. The Bertz CT molecular complexity index is 364. The van der Waals surface area contributed by atoms with Crippen molar-refractivity contribution in [2.24, 2.45) is 11.3 Å². The molecule has 2 fully saturated rings. The normalized spacial score (nSPS) is 24.6. The van der Waals surface area contributed by atoms with Crippen LogP contribution in [0.1, 0.15) is 46.0 Å². The Kier molecular flexibility index (Phi) is 4.02. The molecule has 5 heteroatoms. The number of aliphatic carboxylic acids is 1. The molecule has 0 aromatic heterocycles. The summed E-state index contributed by atoms with van der Waals surface area (Å²) < 4.78 is 0. The molecule has 2 N–H and O–H groups in total. The first-order chi connectivity index (χ1) is 8.94. The van der Waals surface area contributed by atoms with Gasteiger partial charge >= 0.3 is 12.0 Å². The molecule has 0 spiro atoms. The van der Waals surface area contributed by atoms with Gasteiger partial charge in [0.1, 0.15) is 0 Å². The van der Waals surface area contributed by atoms with E-state index in [1.807, 2.05) is 0 Å². The van der Waals surface area contributed by atoms with Gasteiger partial charge in [0, 0.05) is 19.1 Å². The Balaban J connectivity index is 1.84. The van der Waals surface area contributed by atoms with E-state index in [9.17, 15) is 9.59 Å². The number of carboxylic acids is 1. The highest BCUT2D eigenvalue weighted by Gasteiger charge is 2.45. The van der Waals surface area contributed by atoms with Crippen LogP contribution in [0.2, 0.25) is 0 Å². The Hall–Kier alpha value is -1.26. The van der Waals surface area contributed by atoms with Crippen LogP contribution < -0.4 is 5.32 Å². The topological polar surface area (TPSA) is 69.6 Å². The van der Waals surface area contributed by atoms with Crippen molar-refractivity contribution in [3.05, 3.63) is 0 Å². The number of nitrogens with zero attached hydrogens (tertiary/aromatic N) is 1. The molecule has 1 saturated carbocycles. The summed E-state index contributed by atoms with van der Waals surface area (Å²) >= 11 is 0. The van der Waals surface area contributed by atoms with Crippen molar-refractivity contribution in [2.45, 2.75) is 52.0 Å². The van der Waals surface area contributed by atoms with E-state index < -0.39 is 5.97 Å². The second-order valence-corrected chi connectivity index (χ2v) is 6.26. The third-order valence-electron chi connectivity index (χ3n) is 4.76. The predicted octanol–water partition coefficient (Wildman–Crippen LogP) is 2.07. The van der Waals surface area contributed by atoms with Gasteiger partial charge in [-0.2, -0.15) is 0 Å². The smallest absolute Gasteiger partial charge is 0.317 e. The van der Waals surface area contributed by atoms with Gasteiger partial charge in [0.05, 0.1) is 6.42 Å². The molecule has 1 unspecified atom stereocenters. The van der Waals surface area contributed by atoms with Crippen LogP contribution in [0, 0.1) is 11.3 Å². The summed E-state index contributed by atoms with van der Waals surface area (Å²) in [5, 5.41) is 11.9. The molecule has 19 heavy (non-hydrogen) atoms. The summed E-state index contributed by atoms with van der Waals surface area (Å²) in [6.07, 6.45) is 4.13. The third kappa shape index (κ3) is 3.19. The lowest BCUT2D eigenvalue weighted by atomic mass is 9.92.